The van der Waals surface area contributed by atoms with Gasteiger partial charge in [0.25, 0.3) is 0 Å². The fourth-order valence-corrected chi connectivity index (χ4v) is 2.38. The van der Waals surface area contributed by atoms with E-state index in [1.807, 2.05) is 24.3 Å². The first-order valence-corrected chi connectivity index (χ1v) is 7.91. The average molecular weight is 364 g/mol. The number of carbonyl (C=O) groups excluding carboxylic acids is 1. The fourth-order valence-electron chi connectivity index (χ4n) is 2.38. The molecule has 4 nitrogen and oxygen atoms in total. The van der Waals surface area contributed by atoms with E-state index in [2.05, 4.69) is 31.0 Å². The van der Waals surface area contributed by atoms with Crippen LogP contribution in [0.1, 0.15) is 39.2 Å². The lowest BCUT2D eigenvalue weighted by atomic mass is 10.1. The smallest absolute Gasteiger partial charge is 0.224 e. The largest absolute Gasteiger partial charge is 0.399 e. The van der Waals surface area contributed by atoms with Gasteiger partial charge in [-0.1, -0.05) is 26.0 Å². The Morgan fingerprint density at radius 2 is 1.74 bits per heavy atom. The second-order valence-electron chi connectivity index (χ2n) is 5.56. The van der Waals surface area contributed by atoms with Crippen LogP contribution in [0, 0.1) is 0 Å². The van der Waals surface area contributed by atoms with Crippen LogP contribution in [0.3, 0.4) is 0 Å². The van der Waals surface area contributed by atoms with Gasteiger partial charge in [-0.25, -0.2) is 0 Å². The maximum absolute atomic E-state index is 12.0. The molecule has 1 rings (SSSR count). The molecule has 0 aliphatic carbocycles. The molecule has 1 atom stereocenters. The Morgan fingerprint density at radius 3 is 2.26 bits per heavy atom. The van der Waals surface area contributed by atoms with Gasteiger partial charge in [0, 0.05) is 11.7 Å². The van der Waals surface area contributed by atoms with Crippen molar-refractivity contribution in [1.29, 1.82) is 0 Å². The SMILES string of the molecule is CCN(CC)CCCC(C)NC(=O)Cc1ccc(N)cc1.Cl.Cl. The zero-order chi connectivity index (χ0) is 15.7. The van der Waals surface area contributed by atoms with Crippen LogP contribution in [0.2, 0.25) is 0 Å². The van der Waals surface area contributed by atoms with Gasteiger partial charge in [-0.15, -0.1) is 24.8 Å². The Hall–Kier alpha value is -0.970. The second-order valence-corrected chi connectivity index (χ2v) is 5.56. The van der Waals surface area contributed by atoms with Gasteiger partial charge in [-0.3, -0.25) is 4.79 Å². The quantitative estimate of drug-likeness (QED) is 0.661. The van der Waals surface area contributed by atoms with Crippen molar-refractivity contribution in [2.24, 2.45) is 0 Å². The number of nitrogens with zero attached hydrogens (tertiary/aromatic N) is 1. The highest BCUT2D eigenvalue weighted by atomic mass is 35.5. The number of nitrogens with two attached hydrogens (primary N) is 1. The van der Waals surface area contributed by atoms with E-state index in [1.54, 1.807) is 0 Å². The van der Waals surface area contributed by atoms with Gasteiger partial charge in [0.15, 0.2) is 0 Å². The van der Waals surface area contributed by atoms with Crippen LogP contribution >= 0.6 is 24.8 Å². The van der Waals surface area contributed by atoms with Crippen LogP contribution in [0.25, 0.3) is 0 Å². The number of hydrogen-bond acceptors (Lipinski definition) is 3. The lowest BCUT2D eigenvalue weighted by molar-refractivity contribution is -0.121. The molecule has 0 spiro atoms. The van der Waals surface area contributed by atoms with Crippen molar-refractivity contribution in [2.75, 3.05) is 25.4 Å². The van der Waals surface area contributed by atoms with Gasteiger partial charge in [0.2, 0.25) is 5.91 Å². The minimum Gasteiger partial charge on any atom is -0.399 e. The van der Waals surface area contributed by atoms with E-state index in [9.17, 15) is 4.79 Å². The lowest BCUT2D eigenvalue weighted by Gasteiger charge is -2.19. The summed E-state index contributed by atoms with van der Waals surface area (Å²) in [6.45, 7) is 9.72. The summed E-state index contributed by atoms with van der Waals surface area (Å²) in [7, 11) is 0. The molecular formula is C17H31Cl2N3O. The van der Waals surface area contributed by atoms with Gasteiger partial charge in [0.1, 0.15) is 0 Å². The van der Waals surface area contributed by atoms with E-state index in [1.165, 1.54) is 0 Å². The molecule has 1 aromatic carbocycles. The Kier molecular flexibility index (Phi) is 14.2. The number of anilines is 1. The first kappa shape index (κ1) is 24.3. The van der Waals surface area contributed by atoms with Crippen molar-refractivity contribution in [3.63, 3.8) is 0 Å². The highest BCUT2D eigenvalue weighted by Gasteiger charge is 2.09. The third kappa shape index (κ3) is 10.4. The third-order valence-electron chi connectivity index (χ3n) is 3.76. The summed E-state index contributed by atoms with van der Waals surface area (Å²) in [4.78, 5) is 14.4. The van der Waals surface area contributed by atoms with Crippen molar-refractivity contribution < 1.29 is 4.79 Å². The summed E-state index contributed by atoms with van der Waals surface area (Å²) in [6.07, 6.45) is 2.55. The summed E-state index contributed by atoms with van der Waals surface area (Å²) in [5.41, 5.74) is 7.36. The molecule has 0 saturated carbocycles. The lowest BCUT2D eigenvalue weighted by Crippen LogP contribution is -2.34. The molecule has 0 bridgehead atoms. The second kappa shape index (κ2) is 13.5. The molecule has 0 aromatic heterocycles. The standard InChI is InChI=1S/C17H29N3O.2ClH/c1-4-20(5-2)12-6-7-14(3)19-17(21)13-15-8-10-16(18)11-9-15;;/h8-11,14H,4-7,12-13,18H2,1-3H3,(H,19,21);2*1H. The molecule has 0 aliphatic heterocycles. The summed E-state index contributed by atoms with van der Waals surface area (Å²) >= 11 is 0. The number of amides is 1. The van der Waals surface area contributed by atoms with E-state index in [4.69, 9.17) is 5.73 Å². The molecule has 6 heteroatoms. The molecule has 3 N–H and O–H groups in total. The first-order chi connectivity index (χ1) is 10.0. The minimum absolute atomic E-state index is 0. The van der Waals surface area contributed by atoms with Crippen molar-refractivity contribution in [2.45, 2.75) is 46.1 Å². The Bertz CT molecular complexity index is 422. The number of carbonyl (C=O) groups is 1. The highest BCUT2D eigenvalue weighted by molar-refractivity contribution is 5.85. The Morgan fingerprint density at radius 1 is 1.17 bits per heavy atom. The zero-order valence-electron chi connectivity index (χ0n) is 14.4. The number of rotatable bonds is 9. The molecule has 0 heterocycles. The molecule has 0 aliphatic rings. The van der Waals surface area contributed by atoms with Crippen LogP contribution in [0.4, 0.5) is 5.69 Å². The molecule has 134 valence electrons. The maximum Gasteiger partial charge on any atom is 0.224 e. The van der Waals surface area contributed by atoms with E-state index < -0.39 is 0 Å². The monoisotopic (exact) mass is 363 g/mol. The van der Waals surface area contributed by atoms with Crippen LogP contribution in [0.5, 0.6) is 0 Å². The average Bonchev–Trinajstić information content (AvgIpc) is 2.46. The predicted molar refractivity (Wildman–Crippen MR) is 104 cm³/mol. The van der Waals surface area contributed by atoms with Crippen LogP contribution in [-0.2, 0) is 11.2 Å². The summed E-state index contributed by atoms with van der Waals surface area (Å²) < 4.78 is 0. The van der Waals surface area contributed by atoms with Gasteiger partial charge < -0.3 is 16.0 Å². The minimum atomic E-state index is 0. The number of hydrogen-bond donors (Lipinski definition) is 2. The van der Waals surface area contributed by atoms with E-state index in [0.717, 1.165) is 43.7 Å². The molecule has 0 saturated heterocycles. The van der Waals surface area contributed by atoms with Gasteiger partial charge >= 0.3 is 0 Å². The molecule has 1 unspecified atom stereocenters. The predicted octanol–water partition coefficient (Wildman–Crippen LogP) is 3.28. The molecule has 0 radical (unpaired) electrons. The third-order valence-corrected chi connectivity index (χ3v) is 3.76. The van der Waals surface area contributed by atoms with E-state index in [0.29, 0.717) is 6.42 Å². The Balaban J connectivity index is 0. The maximum atomic E-state index is 12.0. The molecule has 1 aromatic rings. The van der Waals surface area contributed by atoms with Crippen molar-refractivity contribution in [3.8, 4) is 0 Å². The van der Waals surface area contributed by atoms with Crippen molar-refractivity contribution >= 4 is 36.4 Å². The summed E-state index contributed by atoms with van der Waals surface area (Å²) in [5.74, 6) is 0.0788. The van der Waals surface area contributed by atoms with Crippen LogP contribution in [0.15, 0.2) is 24.3 Å². The summed E-state index contributed by atoms with van der Waals surface area (Å²) in [5, 5.41) is 3.06. The van der Waals surface area contributed by atoms with Gasteiger partial charge in [-0.2, -0.15) is 0 Å². The van der Waals surface area contributed by atoms with Crippen molar-refractivity contribution in [3.05, 3.63) is 29.8 Å². The number of nitrogens with one attached hydrogen (secondary N) is 1. The Labute approximate surface area is 153 Å². The van der Waals surface area contributed by atoms with Crippen LogP contribution < -0.4 is 11.1 Å². The zero-order valence-corrected chi connectivity index (χ0v) is 16.0. The topological polar surface area (TPSA) is 58.4 Å². The molecule has 23 heavy (non-hydrogen) atoms. The summed E-state index contributed by atoms with van der Waals surface area (Å²) in [6, 6.07) is 7.69. The number of benzene rings is 1. The van der Waals surface area contributed by atoms with Gasteiger partial charge in [-0.05, 0) is 57.1 Å². The van der Waals surface area contributed by atoms with E-state index >= 15 is 0 Å². The normalized spacial score (nSPS) is 11.3. The first-order valence-electron chi connectivity index (χ1n) is 7.91. The highest BCUT2D eigenvalue weighted by Crippen LogP contribution is 2.06. The van der Waals surface area contributed by atoms with Crippen molar-refractivity contribution in [1.82, 2.24) is 10.2 Å². The van der Waals surface area contributed by atoms with Gasteiger partial charge in [0.05, 0.1) is 6.42 Å². The van der Waals surface area contributed by atoms with Crippen LogP contribution in [-0.4, -0.2) is 36.5 Å². The fraction of sp³-hybridized carbons (Fsp3) is 0.588. The molecular weight excluding hydrogens is 333 g/mol. The molecule has 1 amide bonds. The molecule has 0 fully saturated rings. The number of nitrogen functional groups attached to an aromatic ring is 1. The van der Waals surface area contributed by atoms with E-state index in [-0.39, 0.29) is 36.8 Å². The number of halogens is 2.